The molecule has 1 atom stereocenters. The number of nitrogens with zero attached hydrogens (tertiary/aromatic N) is 3. The van der Waals surface area contributed by atoms with E-state index >= 15 is 0 Å². The number of benzene rings is 5. The number of allylic oxidation sites excluding steroid dienone is 4. The molecule has 0 N–H and O–H groups in total. The van der Waals surface area contributed by atoms with Crippen LogP contribution in [0.3, 0.4) is 0 Å². The van der Waals surface area contributed by atoms with E-state index in [0.717, 1.165) is 29.2 Å². The van der Waals surface area contributed by atoms with Crippen LogP contribution in [-0.2, 0) is 11.8 Å². The molecule has 1 heterocycles. The molecular weight excluding hydrogens is 546 g/mol. The zero-order valence-corrected chi connectivity index (χ0v) is 25.1. The van der Waals surface area contributed by atoms with Crippen molar-refractivity contribution in [1.82, 2.24) is 15.0 Å². The summed E-state index contributed by atoms with van der Waals surface area (Å²) in [6.45, 7) is 2.23. The van der Waals surface area contributed by atoms with E-state index in [2.05, 4.69) is 128 Å². The maximum atomic E-state index is 5.06. The Morgan fingerprint density at radius 3 is 1.80 bits per heavy atom. The van der Waals surface area contributed by atoms with E-state index in [0.29, 0.717) is 18.2 Å². The van der Waals surface area contributed by atoms with Gasteiger partial charge < -0.3 is 0 Å². The van der Waals surface area contributed by atoms with Gasteiger partial charge in [-0.15, -0.1) is 0 Å². The molecule has 9 rings (SSSR count). The lowest BCUT2D eigenvalue weighted by atomic mass is 9.70. The summed E-state index contributed by atoms with van der Waals surface area (Å²) < 4.78 is 0. The zero-order chi connectivity index (χ0) is 30.0. The second-order valence-electron chi connectivity index (χ2n) is 12.4. The van der Waals surface area contributed by atoms with Crippen molar-refractivity contribution in [1.29, 1.82) is 0 Å². The number of hydrogen-bond acceptors (Lipinski definition) is 3. The number of hydrogen-bond donors (Lipinski definition) is 0. The summed E-state index contributed by atoms with van der Waals surface area (Å²) in [5.41, 5.74) is 13.6. The first kappa shape index (κ1) is 26.0. The molecule has 1 aromatic heterocycles. The highest BCUT2D eigenvalue weighted by atomic mass is 15.0. The summed E-state index contributed by atoms with van der Waals surface area (Å²) in [6, 6.07) is 44.1. The van der Waals surface area contributed by atoms with Crippen LogP contribution in [-0.4, -0.2) is 15.0 Å². The van der Waals surface area contributed by atoms with Crippen molar-refractivity contribution in [2.45, 2.75) is 25.2 Å². The van der Waals surface area contributed by atoms with E-state index < -0.39 is 0 Å². The largest absolute Gasteiger partial charge is 0.213 e. The second kappa shape index (κ2) is 10.1. The van der Waals surface area contributed by atoms with Crippen LogP contribution in [0.15, 0.2) is 140 Å². The molecule has 214 valence electrons. The van der Waals surface area contributed by atoms with E-state index in [-0.39, 0.29) is 5.41 Å². The molecule has 0 bridgehead atoms. The van der Waals surface area contributed by atoms with Crippen LogP contribution in [0.5, 0.6) is 0 Å². The highest BCUT2D eigenvalue weighted by Crippen LogP contribution is 2.62. The Morgan fingerprint density at radius 1 is 0.600 bits per heavy atom. The molecular formula is C42H31N3. The van der Waals surface area contributed by atoms with E-state index in [1.165, 1.54) is 50.1 Å². The lowest BCUT2D eigenvalue weighted by Gasteiger charge is -2.30. The molecule has 45 heavy (non-hydrogen) atoms. The van der Waals surface area contributed by atoms with Gasteiger partial charge >= 0.3 is 0 Å². The van der Waals surface area contributed by atoms with Gasteiger partial charge in [-0.3, -0.25) is 0 Å². The van der Waals surface area contributed by atoms with Crippen LogP contribution in [0.2, 0.25) is 0 Å². The topological polar surface area (TPSA) is 38.7 Å². The van der Waals surface area contributed by atoms with Gasteiger partial charge in [0.05, 0.1) is 5.41 Å². The van der Waals surface area contributed by atoms with Gasteiger partial charge in [-0.05, 0) is 62.4 Å². The standard InChI is InChI=1S/C42H31N3/c1-27-19-22-30(23-20-27)41-44-39(43-40(45-41)29-11-3-2-4-12-29)26-28-21-24-34-33-15-7-10-18-37(33)42(38(34)25-28)35-16-8-5-13-31(35)32-14-6-9-17-36(32)42/h2-19,21-25,27H,20,26H2,1H3. The molecule has 5 aromatic carbocycles. The van der Waals surface area contributed by atoms with Crippen LogP contribution >= 0.6 is 0 Å². The van der Waals surface area contributed by atoms with Gasteiger partial charge in [-0.2, -0.15) is 0 Å². The van der Waals surface area contributed by atoms with Gasteiger partial charge in [0.15, 0.2) is 11.6 Å². The molecule has 0 aliphatic heterocycles. The summed E-state index contributed by atoms with van der Waals surface area (Å²) in [7, 11) is 0. The Hall–Kier alpha value is -5.41. The molecule has 0 amide bonds. The summed E-state index contributed by atoms with van der Waals surface area (Å²) in [6.07, 6.45) is 8.27. The lowest BCUT2D eigenvalue weighted by molar-refractivity contribution is 0.737. The average molecular weight is 578 g/mol. The van der Waals surface area contributed by atoms with Crippen LogP contribution < -0.4 is 0 Å². The predicted octanol–water partition coefficient (Wildman–Crippen LogP) is 9.45. The van der Waals surface area contributed by atoms with Gasteiger partial charge in [0.25, 0.3) is 0 Å². The van der Waals surface area contributed by atoms with Gasteiger partial charge in [0.2, 0.25) is 0 Å². The predicted molar refractivity (Wildman–Crippen MR) is 182 cm³/mol. The minimum absolute atomic E-state index is 0.358. The van der Waals surface area contributed by atoms with Crippen molar-refractivity contribution in [2.24, 2.45) is 5.92 Å². The van der Waals surface area contributed by atoms with Crippen LogP contribution in [0, 0.1) is 5.92 Å². The van der Waals surface area contributed by atoms with Gasteiger partial charge in [-0.1, -0.05) is 146 Å². The Bertz CT molecular complexity index is 2130. The smallest absolute Gasteiger partial charge is 0.163 e. The number of rotatable bonds is 4. The monoisotopic (exact) mass is 577 g/mol. The summed E-state index contributed by atoms with van der Waals surface area (Å²) in [5.74, 6) is 2.76. The third-order valence-electron chi connectivity index (χ3n) is 9.71. The molecule has 3 heteroatoms. The molecule has 0 fully saturated rings. The van der Waals surface area contributed by atoms with Gasteiger partial charge in [0, 0.05) is 17.6 Å². The molecule has 0 radical (unpaired) electrons. The summed E-state index contributed by atoms with van der Waals surface area (Å²) >= 11 is 0. The fourth-order valence-electron chi connectivity index (χ4n) is 7.67. The molecule has 0 saturated carbocycles. The van der Waals surface area contributed by atoms with Crippen molar-refractivity contribution < 1.29 is 0 Å². The van der Waals surface area contributed by atoms with Crippen molar-refractivity contribution in [3.05, 3.63) is 179 Å². The van der Waals surface area contributed by atoms with Gasteiger partial charge in [0.1, 0.15) is 5.82 Å². The van der Waals surface area contributed by atoms with Crippen LogP contribution in [0.4, 0.5) is 0 Å². The molecule has 0 saturated heterocycles. The quantitative estimate of drug-likeness (QED) is 0.209. The molecule has 1 unspecified atom stereocenters. The van der Waals surface area contributed by atoms with E-state index in [9.17, 15) is 0 Å². The van der Waals surface area contributed by atoms with Crippen molar-refractivity contribution in [3.63, 3.8) is 0 Å². The maximum absolute atomic E-state index is 5.06. The Kier molecular flexibility index (Phi) is 5.82. The normalized spacial score (nSPS) is 16.6. The minimum Gasteiger partial charge on any atom is -0.213 e. The summed E-state index contributed by atoms with van der Waals surface area (Å²) in [4.78, 5) is 15.0. The van der Waals surface area contributed by atoms with Crippen molar-refractivity contribution in [2.75, 3.05) is 0 Å². The lowest BCUT2D eigenvalue weighted by Crippen LogP contribution is -2.26. The Labute approximate surface area is 263 Å². The first-order chi connectivity index (χ1) is 22.2. The Balaban J connectivity index is 1.21. The van der Waals surface area contributed by atoms with E-state index in [1.807, 2.05) is 18.2 Å². The molecule has 6 aromatic rings. The number of fused-ring (bicyclic) bond motifs is 10. The van der Waals surface area contributed by atoms with E-state index in [1.54, 1.807) is 0 Å². The molecule has 3 aliphatic rings. The molecule has 3 nitrogen and oxygen atoms in total. The second-order valence-corrected chi connectivity index (χ2v) is 12.4. The average Bonchev–Trinajstić information content (AvgIpc) is 3.56. The Morgan fingerprint density at radius 2 is 1.18 bits per heavy atom. The van der Waals surface area contributed by atoms with Crippen molar-refractivity contribution >= 4 is 5.57 Å². The fourth-order valence-corrected chi connectivity index (χ4v) is 7.67. The first-order valence-corrected chi connectivity index (χ1v) is 15.8. The SMILES string of the molecule is CC1C=CC(c2nc(Cc3ccc4c(c3)C3(c5ccccc5-c5ccccc53)c3ccccc3-4)nc(-c3ccccc3)n2)=CC1. The minimum atomic E-state index is -0.358. The van der Waals surface area contributed by atoms with Crippen LogP contribution in [0.1, 0.15) is 52.8 Å². The van der Waals surface area contributed by atoms with Crippen LogP contribution in [0.25, 0.3) is 39.2 Å². The first-order valence-electron chi connectivity index (χ1n) is 15.8. The van der Waals surface area contributed by atoms with E-state index in [4.69, 9.17) is 15.0 Å². The number of aromatic nitrogens is 3. The summed E-state index contributed by atoms with van der Waals surface area (Å²) in [5, 5.41) is 0. The van der Waals surface area contributed by atoms with Crippen molar-refractivity contribution in [3.8, 4) is 33.6 Å². The highest BCUT2D eigenvalue weighted by Gasteiger charge is 2.51. The molecule has 1 spiro atoms. The molecule has 3 aliphatic carbocycles. The maximum Gasteiger partial charge on any atom is 0.163 e. The third kappa shape index (κ3) is 3.93. The third-order valence-corrected chi connectivity index (χ3v) is 9.71. The van der Waals surface area contributed by atoms with Gasteiger partial charge in [-0.25, -0.2) is 15.0 Å². The fraction of sp³-hybridized carbons (Fsp3) is 0.119. The zero-order valence-electron chi connectivity index (χ0n) is 25.1. The highest BCUT2D eigenvalue weighted by molar-refractivity contribution is 5.95.